The molecule has 1 saturated carbocycles. The topological polar surface area (TPSA) is 26.3 Å². The maximum absolute atomic E-state index is 12.7. The van der Waals surface area contributed by atoms with Gasteiger partial charge >= 0.3 is 0 Å². The first-order valence-electron chi connectivity index (χ1n) is 6.12. The van der Waals surface area contributed by atoms with Crippen molar-refractivity contribution in [3.63, 3.8) is 0 Å². The quantitative estimate of drug-likeness (QED) is 0.734. The molecule has 0 radical (unpaired) electrons. The van der Waals surface area contributed by atoms with Crippen LogP contribution in [0.5, 0.6) is 0 Å². The van der Waals surface area contributed by atoms with Crippen LogP contribution in [0.4, 0.5) is 4.39 Å². The van der Waals surface area contributed by atoms with Gasteiger partial charge in [0.05, 0.1) is 6.61 Å². The summed E-state index contributed by atoms with van der Waals surface area (Å²) in [6.45, 7) is 0.773. The molecule has 17 heavy (non-hydrogen) atoms. The van der Waals surface area contributed by atoms with Gasteiger partial charge in [-0.2, -0.15) is 0 Å². The second-order valence-electron chi connectivity index (χ2n) is 4.60. The molecule has 0 unspecified atom stereocenters. The Labute approximate surface area is 101 Å². The summed E-state index contributed by atoms with van der Waals surface area (Å²) in [5.74, 6) is 0.215. The Kier molecular flexibility index (Phi) is 4.26. The molecular formula is C14H17FO2. The summed E-state index contributed by atoms with van der Waals surface area (Å²) in [5.41, 5.74) is 0.512. The van der Waals surface area contributed by atoms with E-state index < -0.39 is 0 Å². The Morgan fingerprint density at radius 3 is 2.53 bits per heavy atom. The van der Waals surface area contributed by atoms with E-state index in [9.17, 15) is 9.18 Å². The molecule has 1 aromatic carbocycles. The molecule has 2 rings (SSSR count). The highest BCUT2D eigenvalue weighted by Crippen LogP contribution is 2.24. The molecule has 1 fully saturated rings. The number of ketones is 1. The third kappa shape index (κ3) is 3.63. The van der Waals surface area contributed by atoms with Crippen LogP contribution in [0.2, 0.25) is 0 Å². The first-order valence-corrected chi connectivity index (χ1v) is 6.12. The number of benzene rings is 1. The number of halogens is 1. The van der Waals surface area contributed by atoms with Gasteiger partial charge in [-0.05, 0) is 43.0 Å². The van der Waals surface area contributed by atoms with Gasteiger partial charge in [-0.1, -0.05) is 12.8 Å². The van der Waals surface area contributed by atoms with Gasteiger partial charge in [-0.25, -0.2) is 4.39 Å². The molecule has 92 valence electrons. The summed E-state index contributed by atoms with van der Waals surface area (Å²) < 4.78 is 18.1. The van der Waals surface area contributed by atoms with Crippen molar-refractivity contribution in [3.8, 4) is 0 Å². The third-order valence-electron chi connectivity index (χ3n) is 3.23. The molecular weight excluding hydrogens is 219 g/mol. The van der Waals surface area contributed by atoms with Gasteiger partial charge in [0.25, 0.3) is 0 Å². The van der Waals surface area contributed by atoms with E-state index in [4.69, 9.17) is 4.74 Å². The minimum atomic E-state index is -0.326. The van der Waals surface area contributed by atoms with Crippen LogP contribution in [0.3, 0.4) is 0 Å². The third-order valence-corrected chi connectivity index (χ3v) is 3.23. The van der Waals surface area contributed by atoms with E-state index in [-0.39, 0.29) is 18.2 Å². The molecule has 2 nitrogen and oxygen atoms in total. The Morgan fingerprint density at radius 1 is 1.24 bits per heavy atom. The average Bonchev–Trinajstić information content (AvgIpc) is 2.83. The lowest BCUT2D eigenvalue weighted by Crippen LogP contribution is -2.13. The summed E-state index contributed by atoms with van der Waals surface area (Å²) in [4.78, 5) is 11.7. The summed E-state index contributed by atoms with van der Waals surface area (Å²) in [7, 11) is 0. The normalized spacial score (nSPS) is 16.3. The van der Waals surface area contributed by atoms with Crippen molar-refractivity contribution in [2.75, 3.05) is 13.2 Å². The van der Waals surface area contributed by atoms with Crippen molar-refractivity contribution >= 4 is 5.78 Å². The van der Waals surface area contributed by atoms with E-state index >= 15 is 0 Å². The van der Waals surface area contributed by atoms with E-state index in [1.807, 2.05) is 0 Å². The molecule has 1 aliphatic rings. The molecule has 0 aliphatic heterocycles. The highest BCUT2D eigenvalue weighted by Gasteiger charge is 2.15. The van der Waals surface area contributed by atoms with Gasteiger partial charge in [0.15, 0.2) is 5.78 Å². The second kappa shape index (κ2) is 5.92. The number of hydrogen-bond donors (Lipinski definition) is 0. The maximum atomic E-state index is 12.7. The fraction of sp³-hybridized carbons (Fsp3) is 0.500. The summed E-state index contributed by atoms with van der Waals surface area (Å²) in [6, 6.07) is 5.58. The van der Waals surface area contributed by atoms with Crippen LogP contribution in [0.25, 0.3) is 0 Å². The standard InChI is InChI=1S/C14H17FO2/c15-13-7-5-12(6-8-13)14(16)10-17-9-11-3-1-2-4-11/h5-8,11H,1-4,9-10H2. The molecule has 0 heterocycles. The smallest absolute Gasteiger partial charge is 0.188 e. The zero-order valence-electron chi connectivity index (χ0n) is 9.82. The van der Waals surface area contributed by atoms with Gasteiger partial charge in [0.1, 0.15) is 12.4 Å². The van der Waals surface area contributed by atoms with Crippen molar-refractivity contribution in [2.24, 2.45) is 5.92 Å². The zero-order valence-corrected chi connectivity index (χ0v) is 9.82. The van der Waals surface area contributed by atoms with Gasteiger partial charge in [0.2, 0.25) is 0 Å². The highest BCUT2D eigenvalue weighted by molar-refractivity contribution is 5.97. The predicted molar refractivity (Wildman–Crippen MR) is 63.5 cm³/mol. The fourth-order valence-corrected chi connectivity index (χ4v) is 2.21. The Hall–Kier alpha value is -1.22. The van der Waals surface area contributed by atoms with Crippen LogP contribution in [0, 0.1) is 11.7 Å². The number of ether oxygens (including phenoxy) is 1. The van der Waals surface area contributed by atoms with Crippen molar-refractivity contribution < 1.29 is 13.9 Å². The monoisotopic (exact) mass is 236 g/mol. The van der Waals surface area contributed by atoms with E-state index in [1.54, 1.807) is 0 Å². The first kappa shape index (κ1) is 12.2. The zero-order chi connectivity index (χ0) is 12.1. The Bertz CT molecular complexity index is 366. The molecule has 0 bridgehead atoms. The summed E-state index contributed by atoms with van der Waals surface area (Å²) >= 11 is 0. The van der Waals surface area contributed by atoms with Crippen LogP contribution in [0.1, 0.15) is 36.0 Å². The van der Waals surface area contributed by atoms with E-state index in [1.165, 1.54) is 49.9 Å². The van der Waals surface area contributed by atoms with Crippen LogP contribution in [-0.2, 0) is 4.74 Å². The van der Waals surface area contributed by atoms with E-state index in [2.05, 4.69) is 0 Å². The number of carbonyl (C=O) groups excluding carboxylic acids is 1. The second-order valence-corrected chi connectivity index (χ2v) is 4.60. The molecule has 0 atom stereocenters. The molecule has 0 spiro atoms. The molecule has 0 saturated heterocycles. The van der Waals surface area contributed by atoms with Gasteiger partial charge in [0, 0.05) is 5.56 Å². The van der Waals surface area contributed by atoms with Crippen LogP contribution in [0.15, 0.2) is 24.3 Å². The van der Waals surface area contributed by atoms with Crippen molar-refractivity contribution in [1.29, 1.82) is 0 Å². The maximum Gasteiger partial charge on any atom is 0.188 e. The Balaban J connectivity index is 1.75. The molecule has 1 aliphatic carbocycles. The molecule has 3 heteroatoms. The molecule has 0 aromatic heterocycles. The van der Waals surface area contributed by atoms with Crippen LogP contribution < -0.4 is 0 Å². The van der Waals surface area contributed by atoms with Gasteiger partial charge < -0.3 is 4.74 Å². The average molecular weight is 236 g/mol. The lowest BCUT2D eigenvalue weighted by molar-refractivity contribution is 0.0681. The summed E-state index contributed by atoms with van der Waals surface area (Å²) in [5, 5.41) is 0. The minimum absolute atomic E-state index is 0.0806. The summed E-state index contributed by atoms with van der Waals surface area (Å²) in [6.07, 6.45) is 4.98. The predicted octanol–water partition coefficient (Wildman–Crippen LogP) is 3.22. The first-order chi connectivity index (χ1) is 8.25. The van der Waals surface area contributed by atoms with E-state index in [0.717, 1.165) is 0 Å². The SMILES string of the molecule is O=C(COCC1CCCC1)c1ccc(F)cc1. The highest BCUT2D eigenvalue weighted by atomic mass is 19.1. The van der Waals surface area contributed by atoms with E-state index in [0.29, 0.717) is 18.1 Å². The van der Waals surface area contributed by atoms with Crippen LogP contribution in [-0.4, -0.2) is 19.0 Å². The molecule has 1 aromatic rings. The lowest BCUT2D eigenvalue weighted by Gasteiger charge is -2.09. The largest absolute Gasteiger partial charge is 0.373 e. The number of hydrogen-bond acceptors (Lipinski definition) is 2. The van der Waals surface area contributed by atoms with Crippen LogP contribution >= 0.6 is 0 Å². The minimum Gasteiger partial charge on any atom is -0.373 e. The number of rotatable bonds is 5. The van der Waals surface area contributed by atoms with Crippen molar-refractivity contribution in [3.05, 3.63) is 35.6 Å². The lowest BCUT2D eigenvalue weighted by atomic mass is 10.1. The van der Waals surface area contributed by atoms with Crippen molar-refractivity contribution in [1.82, 2.24) is 0 Å². The van der Waals surface area contributed by atoms with Gasteiger partial charge in [-0.15, -0.1) is 0 Å². The number of carbonyl (C=O) groups is 1. The number of Topliss-reactive ketones (excluding diaryl/α,β-unsaturated/α-hetero) is 1. The fourth-order valence-electron chi connectivity index (χ4n) is 2.21. The molecule has 0 N–H and O–H groups in total. The molecule has 0 amide bonds. The van der Waals surface area contributed by atoms with Crippen molar-refractivity contribution in [2.45, 2.75) is 25.7 Å². The van der Waals surface area contributed by atoms with Gasteiger partial charge in [-0.3, -0.25) is 4.79 Å². The Morgan fingerprint density at radius 2 is 1.88 bits per heavy atom.